The van der Waals surface area contributed by atoms with Crippen LogP contribution in [0.2, 0.25) is 0 Å². The van der Waals surface area contributed by atoms with Crippen molar-refractivity contribution in [2.75, 3.05) is 70.9 Å². The van der Waals surface area contributed by atoms with Crippen molar-refractivity contribution in [2.24, 2.45) is 28.8 Å². The van der Waals surface area contributed by atoms with Crippen molar-refractivity contribution in [3.05, 3.63) is 10.4 Å². The first-order valence-corrected chi connectivity index (χ1v) is 21.6. The standard InChI is InChI=1S/C39H67N3O15S/c1-8-32-27(4)35(53-29(6)45)36(54-30(7)46)39(55-32)57-38-26(3)25(2)34(52-28(5)44)33(56-38)24-58-23-11-13-31(12-9-10-15-43)37(47)51-22-21-50-20-19-49-18-17-48-16-14-41-42-40/h25-27,31-36,38-39,43H,8-24H2,1-7H3/t25-,26-,27-,31?,32-,33-,34+,35+,36-,38-,39-/m1/s1. The first-order valence-electron chi connectivity index (χ1n) is 20.4. The second-order valence-electron chi connectivity index (χ2n) is 14.5. The number of aliphatic hydroxyl groups is 1. The van der Waals surface area contributed by atoms with E-state index < -0.39 is 54.9 Å². The van der Waals surface area contributed by atoms with Crippen LogP contribution in [0, 0.1) is 23.7 Å². The van der Waals surface area contributed by atoms with E-state index in [9.17, 15) is 24.3 Å². The number of carbonyl (C=O) groups is 4. The highest BCUT2D eigenvalue weighted by Crippen LogP contribution is 2.39. The average Bonchev–Trinajstić information content (AvgIpc) is 3.17. The van der Waals surface area contributed by atoms with Gasteiger partial charge in [-0.1, -0.05) is 39.2 Å². The average molecular weight is 850 g/mol. The molecule has 18 nitrogen and oxygen atoms in total. The molecule has 2 aliphatic heterocycles. The summed E-state index contributed by atoms with van der Waals surface area (Å²) in [5, 5.41) is 12.7. The van der Waals surface area contributed by atoms with Crippen molar-refractivity contribution in [1.29, 1.82) is 0 Å². The van der Waals surface area contributed by atoms with Crippen LogP contribution in [0.4, 0.5) is 0 Å². The van der Waals surface area contributed by atoms with Crippen LogP contribution < -0.4 is 0 Å². The molecule has 0 aromatic carbocycles. The number of azide groups is 1. The highest BCUT2D eigenvalue weighted by Gasteiger charge is 2.51. The number of nitrogens with zero attached hydrogens (tertiary/aromatic N) is 3. The minimum absolute atomic E-state index is 0.0460. The van der Waals surface area contributed by atoms with Crippen LogP contribution in [-0.4, -0.2) is 143 Å². The maximum atomic E-state index is 13.0. The van der Waals surface area contributed by atoms with Gasteiger partial charge in [-0.3, -0.25) is 19.2 Å². The molecule has 0 spiro atoms. The Morgan fingerprint density at radius 3 is 1.90 bits per heavy atom. The fourth-order valence-corrected chi connectivity index (χ4v) is 7.92. The number of hydrogen-bond acceptors (Lipinski definition) is 17. The summed E-state index contributed by atoms with van der Waals surface area (Å²) in [6.07, 6.45) is -1.44. The molecule has 2 heterocycles. The van der Waals surface area contributed by atoms with Gasteiger partial charge in [0.25, 0.3) is 0 Å². The van der Waals surface area contributed by atoms with Gasteiger partial charge < -0.3 is 52.5 Å². The molecule has 0 aliphatic carbocycles. The van der Waals surface area contributed by atoms with E-state index in [1.165, 1.54) is 20.8 Å². The SMILES string of the molecule is CC[C@H]1O[C@H](O[C@H]2O[C@H](CSCCCC(CCCCO)C(=O)OCCOCCOCCOCCN=[N+]=[N-])[C@@H](OC(C)=O)[C@H](C)[C@H]2C)[C@H](OC(C)=O)[C@@H](OC(C)=O)[C@@H]1C. The lowest BCUT2D eigenvalue weighted by Gasteiger charge is -2.48. The molecular weight excluding hydrogens is 783 g/mol. The first-order chi connectivity index (χ1) is 27.8. The van der Waals surface area contributed by atoms with Crippen molar-refractivity contribution in [3.8, 4) is 0 Å². The molecule has 2 fully saturated rings. The van der Waals surface area contributed by atoms with E-state index in [1.54, 1.807) is 11.8 Å². The Balaban J connectivity index is 1.94. The summed E-state index contributed by atoms with van der Waals surface area (Å²) in [4.78, 5) is 52.2. The van der Waals surface area contributed by atoms with Gasteiger partial charge >= 0.3 is 23.9 Å². The van der Waals surface area contributed by atoms with Crippen molar-refractivity contribution >= 4 is 35.6 Å². The number of ether oxygens (including phenoxy) is 10. The smallest absolute Gasteiger partial charge is 0.309 e. The molecule has 2 aliphatic rings. The largest absolute Gasteiger partial charge is 0.463 e. The lowest BCUT2D eigenvalue weighted by atomic mass is 9.84. The van der Waals surface area contributed by atoms with Crippen molar-refractivity contribution < 1.29 is 71.7 Å². The number of unbranched alkanes of at least 4 members (excludes halogenated alkanes) is 1. The molecule has 2 saturated heterocycles. The van der Waals surface area contributed by atoms with Gasteiger partial charge in [0.15, 0.2) is 12.4 Å². The predicted molar refractivity (Wildman–Crippen MR) is 211 cm³/mol. The molecule has 1 N–H and O–H groups in total. The quantitative estimate of drug-likeness (QED) is 0.0267. The summed E-state index contributed by atoms with van der Waals surface area (Å²) >= 11 is 1.60. The zero-order valence-corrected chi connectivity index (χ0v) is 36.1. The molecule has 0 bridgehead atoms. The van der Waals surface area contributed by atoms with E-state index in [2.05, 4.69) is 10.0 Å². The normalized spacial score (nSPS) is 27.5. The van der Waals surface area contributed by atoms with Crippen molar-refractivity contribution in [1.82, 2.24) is 0 Å². The van der Waals surface area contributed by atoms with Crippen LogP contribution in [0.3, 0.4) is 0 Å². The summed E-state index contributed by atoms with van der Waals surface area (Å²) in [6, 6.07) is 0. The maximum absolute atomic E-state index is 13.0. The van der Waals surface area contributed by atoms with Crippen LogP contribution in [0.15, 0.2) is 5.11 Å². The zero-order chi connectivity index (χ0) is 42.9. The Morgan fingerprint density at radius 1 is 0.724 bits per heavy atom. The molecule has 2 rings (SSSR count). The van der Waals surface area contributed by atoms with E-state index in [0.717, 1.165) is 0 Å². The summed E-state index contributed by atoms with van der Waals surface area (Å²) in [6.45, 7) is 14.1. The minimum Gasteiger partial charge on any atom is -0.463 e. The summed E-state index contributed by atoms with van der Waals surface area (Å²) in [5.74, 6) is -1.73. The zero-order valence-electron chi connectivity index (χ0n) is 35.3. The molecule has 0 radical (unpaired) electrons. The minimum atomic E-state index is -1.09. The molecule has 334 valence electrons. The number of carbonyl (C=O) groups excluding carboxylic acids is 4. The van der Waals surface area contributed by atoms with E-state index >= 15 is 0 Å². The maximum Gasteiger partial charge on any atom is 0.309 e. The lowest BCUT2D eigenvalue weighted by Crippen LogP contribution is -2.60. The van der Waals surface area contributed by atoms with Crippen LogP contribution in [0.1, 0.15) is 87.0 Å². The lowest BCUT2D eigenvalue weighted by molar-refractivity contribution is -0.357. The molecule has 19 heteroatoms. The Kier molecular flexibility index (Phi) is 26.1. The van der Waals surface area contributed by atoms with Crippen molar-refractivity contribution in [3.63, 3.8) is 0 Å². The van der Waals surface area contributed by atoms with Crippen LogP contribution >= 0.6 is 11.8 Å². The topological polar surface area (TPSA) is 230 Å². The predicted octanol–water partition coefficient (Wildman–Crippen LogP) is 4.76. The number of esters is 4. The second kappa shape index (κ2) is 29.5. The molecule has 1 unspecified atom stereocenters. The molecule has 0 amide bonds. The van der Waals surface area contributed by atoms with E-state index in [4.69, 9.17) is 52.9 Å². The number of hydrogen-bond donors (Lipinski definition) is 1. The summed E-state index contributed by atoms with van der Waals surface area (Å²) in [5.41, 5.74) is 8.24. The Hall–Kier alpha value is -2.74. The van der Waals surface area contributed by atoms with Gasteiger partial charge in [0.2, 0.25) is 6.29 Å². The van der Waals surface area contributed by atoms with Crippen LogP contribution in [0.5, 0.6) is 0 Å². The van der Waals surface area contributed by atoms with Crippen molar-refractivity contribution in [2.45, 2.75) is 130 Å². The Labute approximate surface area is 346 Å². The van der Waals surface area contributed by atoms with Gasteiger partial charge in [-0.15, -0.1) is 0 Å². The molecule has 0 aromatic heterocycles. The van der Waals surface area contributed by atoms with Gasteiger partial charge in [0.05, 0.1) is 51.7 Å². The van der Waals surface area contributed by atoms with Crippen LogP contribution in [-0.2, 0) is 66.5 Å². The highest BCUT2D eigenvalue weighted by atomic mass is 32.2. The first kappa shape index (κ1) is 51.4. The van der Waals surface area contributed by atoms with E-state index in [1.807, 2.05) is 27.7 Å². The number of rotatable bonds is 29. The van der Waals surface area contributed by atoms with Gasteiger partial charge in [0.1, 0.15) is 24.9 Å². The second-order valence-corrected chi connectivity index (χ2v) is 15.7. The van der Waals surface area contributed by atoms with Gasteiger partial charge in [-0.2, -0.15) is 11.8 Å². The fourth-order valence-electron chi connectivity index (χ4n) is 6.88. The van der Waals surface area contributed by atoms with E-state index in [0.29, 0.717) is 83.1 Å². The Morgan fingerprint density at radius 2 is 1.29 bits per heavy atom. The van der Waals surface area contributed by atoms with E-state index in [-0.39, 0.29) is 62.1 Å². The number of thioether (sulfide) groups is 1. The monoisotopic (exact) mass is 849 g/mol. The molecular formula is C39H67N3O15S. The third-order valence-electron chi connectivity index (χ3n) is 10.1. The molecule has 11 atom stereocenters. The summed E-state index contributed by atoms with van der Waals surface area (Å²) in [7, 11) is 0. The molecule has 58 heavy (non-hydrogen) atoms. The third-order valence-corrected chi connectivity index (χ3v) is 11.2. The number of aliphatic hydroxyl groups excluding tert-OH is 1. The summed E-state index contributed by atoms with van der Waals surface area (Å²) < 4.78 is 58.1. The highest BCUT2D eigenvalue weighted by molar-refractivity contribution is 7.99. The van der Waals surface area contributed by atoms with Gasteiger partial charge in [0, 0.05) is 62.3 Å². The van der Waals surface area contributed by atoms with Crippen LogP contribution in [0.25, 0.3) is 10.4 Å². The molecule has 0 aromatic rings. The van der Waals surface area contributed by atoms with Gasteiger partial charge in [-0.05, 0) is 43.4 Å². The molecule has 0 saturated carbocycles. The Bertz CT molecular complexity index is 1260. The third kappa shape index (κ3) is 19.1. The fraction of sp³-hybridized carbons (Fsp3) is 0.897. The van der Waals surface area contributed by atoms with Gasteiger partial charge in [-0.25, -0.2) is 0 Å².